The predicted molar refractivity (Wildman–Crippen MR) is 125 cm³/mol. The van der Waals surface area contributed by atoms with E-state index in [0.29, 0.717) is 34.3 Å². The van der Waals surface area contributed by atoms with Gasteiger partial charge in [0.2, 0.25) is 0 Å². The molecular formula is C26H28N2O5. The summed E-state index contributed by atoms with van der Waals surface area (Å²) in [6.07, 6.45) is 2.24. The average Bonchev–Trinajstić information content (AvgIpc) is 3.42. The maximum Gasteiger partial charge on any atom is 0.410 e. The van der Waals surface area contributed by atoms with E-state index in [4.69, 9.17) is 9.47 Å². The van der Waals surface area contributed by atoms with Crippen LogP contribution in [0.5, 0.6) is 0 Å². The number of aromatic nitrogens is 1. The lowest BCUT2D eigenvalue weighted by Gasteiger charge is -2.29. The van der Waals surface area contributed by atoms with Crippen molar-refractivity contribution >= 4 is 29.3 Å². The normalized spacial score (nSPS) is 16.1. The number of fused-ring (bicyclic) bond motifs is 1. The van der Waals surface area contributed by atoms with Gasteiger partial charge in [0, 0.05) is 23.0 Å². The number of methoxy groups -OCH3 is 1. The fraction of sp³-hybridized carbons (Fsp3) is 0.346. The summed E-state index contributed by atoms with van der Waals surface area (Å²) in [5, 5.41) is 0.547. The number of hydrogen-bond acceptors (Lipinski definition) is 5. The maximum atomic E-state index is 12.6. The summed E-state index contributed by atoms with van der Waals surface area (Å²) in [6, 6.07) is 13.0. The lowest BCUT2D eigenvalue weighted by Crippen LogP contribution is -2.36. The quantitative estimate of drug-likeness (QED) is 0.420. The minimum atomic E-state index is -0.544. The van der Waals surface area contributed by atoms with Gasteiger partial charge in [-0.15, -0.1) is 0 Å². The van der Waals surface area contributed by atoms with Crippen LogP contribution in [-0.2, 0) is 9.47 Å². The van der Waals surface area contributed by atoms with Crippen LogP contribution in [0.1, 0.15) is 65.9 Å². The second kappa shape index (κ2) is 8.73. The number of aldehydes is 1. The molecule has 1 aliphatic rings. The van der Waals surface area contributed by atoms with Crippen molar-refractivity contribution < 1.29 is 23.9 Å². The summed E-state index contributed by atoms with van der Waals surface area (Å²) >= 11 is 0. The number of amides is 1. The zero-order chi connectivity index (χ0) is 23.8. The van der Waals surface area contributed by atoms with E-state index in [9.17, 15) is 14.4 Å². The van der Waals surface area contributed by atoms with Gasteiger partial charge in [0.15, 0.2) is 6.29 Å². The van der Waals surface area contributed by atoms with Crippen LogP contribution in [0.15, 0.2) is 42.5 Å². The maximum absolute atomic E-state index is 12.6. The number of hydrogen-bond donors (Lipinski definition) is 1. The van der Waals surface area contributed by atoms with Crippen LogP contribution in [0.3, 0.4) is 0 Å². The van der Waals surface area contributed by atoms with E-state index in [1.165, 1.54) is 7.11 Å². The molecule has 172 valence electrons. The Morgan fingerprint density at radius 2 is 1.85 bits per heavy atom. The number of likely N-dealkylation sites (tertiary alicyclic amines) is 1. The van der Waals surface area contributed by atoms with Gasteiger partial charge in [0.1, 0.15) is 5.60 Å². The molecular weight excluding hydrogens is 420 g/mol. The van der Waals surface area contributed by atoms with Crippen LogP contribution in [0.4, 0.5) is 4.79 Å². The van der Waals surface area contributed by atoms with E-state index in [-0.39, 0.29) is 12.1 Å². The number of carbonyl (C=O) groups is 3. The molecule has 0 radical (unpaired) electrons. The third kappa shape index (κ3) is 4.35. The van der Waals surface area contributed by atoms with Crippen molar-refractivity contribution in [3.8, 4) is 11.3 Å². The molecule has 1 amide bonds. The number of nitrogens with zero attached hydrogens (tertiary/aromatic N) is 1. The Bertz CT molecular complexity index is 1200. The lowest BCUT2D eigenvalue weighted by atomic mass is 9.99. The molecule has 1 aliphatic heterocycles. The first-order chi connectivity index (χ1) is 15.7. The second-order valence-electron chi connectivity index (χ2n) is 9.21. The first-order valence-electron chi connectivity index (χ1n) is 11.0. The van der Waals surface area contributed by atoms with Gasteiger partial charge >= 0.3 is 12.1 Å². The third-order valence-corrected chi connectivity index (χ3v) is 5.85. The molecule has 7 heteroatoms. The molecule has 2 heterocycles. The van der Waals surface area contributed by atoms with Crippen molar-refractivity contribution in [1.82, 2.24) is 9.88 Å². The first kappa shape index (κ1) is 22.6. The average molecular weight is 449 g/mol. The summed E-state index contributed by atoms with van der Waals surface area (Å²) in [6.45, 7) is 6.25. The van der Waals surface area contributed by atoms with Crippen molar-refractivity contribution in [2.75, 3.05) is 13.7 Å². The van der Waals surface area contributed by atoms with Gasteiger partial charge in [0.05, 0.1) is 24.4 Å². The number of benzene rings is 2. The van der Waals surface area contributed by atoms with Crippen LogP contribution in [0, 0.1) is 0 Å². The van der Waals surface area contributed by atoms with Gasteiger partial charge in [-0.25, -0.2) is 9.59 Å². The highest BCUT2D eigenvalue weighted by molar-refractivity contribution is 6.13. The molecule has 0 aliphatic carbocycles. The van der Waals surface area contributed by atoms with Gasteiger partial charge in [-0.3, -0.25) is 4.79 Å². The van der Waals surface area contributed by atoms with Crippen LogP contribution < -0.4 is 0 Å². The standard InChI is InChI=1S/C26H28N2O5/c1-26(2,3)33-25(31)28-14-6-9-21(28)16-10-12-17(13-11-16)23-19(15-29)22-18(24(30)32-4)7-5-8-20(22)27-23/h5,7-8,10-13,15,21,27H,6,9,14H2,1-4H3. The number of aromatic amines is 1. The molecule has 1 N–H and O–H groups in total. The molecule has 1 atom stereocenters. The van der Waals surface area contributed by atoms with E-state index >= 15 is 0 Å². The molecule has 0 spiro atoms. The van der Waals surface area contributed by atoms with Gasteiger partial charge < -0.3 is 19.4 Å². The molecule has 0 saturated carbocycles. The van der Waals surface area contributed by atoms with Crippen molar-refractivity contribution in [3.05, 3.63) is 59.2 Å². The van der Waals surface area contributed by atoms with Crippen LogP contribution >= 0.6 is 0 Å². The molecule has 1 fully saturated rings. The van der Waals surface area contributed by atoms with Crippen LogP contribution in [0.2, 0.25) is 0 Å². The summed E-state index contributed by atoms with van der Waals surface area (Å²) in [5.74, 6) is -0.493. The third-order valence-electron chi connectivity index (χ3n) is 5.85. The summed E-state index contributed by atoms with van der Waals surface area (Å²) < 4.78 is 10.5. The Kier molecular flexibility index (Phi) is 5.97. The van der Waals surface area contributed by atoms with Gasteiger partial charge in [-0.2, -0.15) is 0 Å². The number of carbonyl (C=O) groups excluding carboxylic acids is 3. The number of ether oxygens (including phenoxy) is 2. The lowest BCUT2D eigenvalue weighted by molar-refractivity contribution is 0.0224. The molecule has 2 aromatic carbocycles. The molecule has 1 unspecified atom stereocenters. The Hall–Kier alpha value is -3.61. The van der Waals surface area contributed by atoms with Gasteiger partial charge in [-0.05, 0) is 56.9 Å². The number of rotatable bonds is 4. The van der Waals surface area contributed by atoms with Crippen LogP contribution in [0.25, 0.3) is 22.2 Å². The van der Waals surface area contributed by atoms with Crippen molar-refractivity contribution in [2.45, 2.75) is 45.3 Å². The van der Waals surface area contributed by atoms with E-state index in [1.54, 1.807) is 17.0 Å². The summed E-state index contributed by atoms with van der Waals surface area (Å²) in [7, 11) is 1.32. The Morgan fingerprint density at radius 1 is 1.12 bits per heavy atom. The fourth-order valence-corrected chi connectivity index (χ4v) is 4.42. The molecule has 3 aromatic rings. The highest BCUT2D eigenvalue weighted by atomic mass is 16.6. The zero-order valence-electron chi connectivity index (χ0n) is 19.3. The van der Waals surface area contributed by atoms with Crippen molar-refractivity contribution in [3.63, 3.8) is 0 Å². The first-order valence-corrected chi connectivity index (χ1v) is 11.0. The smallest absolute Gasteiger partial charge is 0.410 e. The van der Waals surface area contributed by atoms with E-state index in [0.717, 1.165) is 30.3 Å². The SMILES string of the molecule is COC(=O)c1cccc2[nH]c(-c3ccc(C4CCCN4C(=O)OC(C)(C)C)cc3)c(C=O)c12. The molecule has 4 rings (SSSR count). The van der Waals surface area contributed by atoms with Gasteiger partial charge in [-0.1, -0.05) is 30.3 Å². The second-order valence-corrected chi connectivity index (χ2v) is 9.21. The van der Waals surface area contributed by atoms with Crippen molar-refractivity contribution in [2.24, 2.45) is 0 Å². The minimum absolute atomic E-state index is 0.0481. The number of H-pyrrole nitrogens is 1. The Labute approximate surface area is 192 Å². The number of esters is 1. The minimum Gasteiger partial charge on any atom is -0.465 e. The van der Waals surface area contributed by atoms with Crippen molar-refractivity contribution in [1.29, 1.82) is 0 Å². The predicted octanol–water partition coefficient (Wildman–Crippen LogP) is 5.51. The van der Waals surface area contributed by atoms with E-state index in [1.807, 2.05) is 51.1 Å². The molecule has 1 saturated heterocycles. The monoisotopic (exact) mass is 448 g/mol. The molecule has 1 aromatic heterocycles. The summed E-state index contributed by atoms with van der Waals surface area (Å²) in [4.78, 5) is 41.9. The topological polar surface area (TPSA) is 88.7 Å². The van der Waals surface area contributed by atoms with E-state index in [2.05, 4.69) is 4.98 Å². The zero-order valence-corrected chi connectivity index (χ0v) is 19.3. The molecule has 7 nitrogen and oxygen atoms in total. The Morgan fingerprint density at radius 3 is 2.48 bits per heavy atom. The molecule has 0 bridgehead atoms. The van der Waals surface area contributed by atoms with E-state index < -0.39 is 11.6 Å². The fourth-order valence-electron chi connectivity index (χ4n) is 4.42. The number of nitrogens with one attached hydrogen (secondary N) is 1. The van der Waals surface area contributed by atoms with Crippen LogP contribution in [-0.4, -0.2) is 47.5 Å². The molecule has 33 heavy (non-hydrogen) atoms. The Balaban J connectivity index is 1.67. The largest absolute Gasteiger partial charge is 0.465 e. The highest BCUT2D eigenvalue weighted by Gasteiger charge is 2.33. The van der Waals surface area contributed by atoms with Gasteiger partial charge in [0.25, 0.3) is 0 Å². The highest BCUT2D eigenvalue weighted by Crippen LogP contribution is 2.36. The summed E-state index contributed by atoms with van der Waals surface area (Å²) in [5.41, 5.74) is 3.36.